The highest BCUT2D eigenvalue weighted by Gasteiger charge is 2.42. The maximum atomic E-state index is 12.0. The predicted octanol–water partition coefficient (Wildman–Crippen LogP) is 1.33. The zero-order valence-electron chi connectivity index (χ0n) is 12.5. The summed E-state index contributed by atoms with van der Waals surface area (Å²) in [5.74, 6) is 1.34. The summed E-state index contributed by atoms with van der Waals surface area (Å²) >= 11 is 0. The van der Waals surface area contributed by atoms with E-state index in [4.69, 9.17) is 5.11 Å². The number of carboxylic acid groups (broad SMARTS) is 1. The zero-order valence-corrected chi connectivity index (χ0v) is 12.5. The highest BCUT2D eigenvalue weighted by Crippen LogP contribution is 2.49. The van der Waals surface area contributed by atoms with Crippen molar-refractivity contribution in [2.24, 2.45) is 17.8 Å². The molecular formula is C15H26N2O3. The minimum absolute atomic E-state index is 0.0524. The van der Waals surface area contributed by atoms with Crippen LogP contribution in [-0.2, 0) is 9.59 Å². The topological polar surface area (TPSA) is 69.6 Å². The molecule has 2 saturated carbocycles. The summed E-state index contributed by atoms with van der Waals surface area (Å²) in [7, 11) is 0. The second-order valence-electron chi connectivity index (χ2n) is 6.39. The van der Waals surface area contributed by atoms with Crippen LogP contribution in [0.2, 0.25) is 0 Å². The first kappa shape index (κ1) is 15.3. The molecule has 5 heteroatoms. The summed E-state index contributed by atoms with van der Waals surface area (Å²) in [5.41, 5.74) is 0. The van der Waals surface area contributed by atoms with Crippen LogP contribution >= 0.6 is 0 Å². The van der Waals surface area contributed by atoms with Gasteiger partial charge in [-0.25, -0.2) is 0 Å². The first-order valence-corrected chi connectivity index (χ1v) is 7.73. The van der Waals surface area contributed by atoms with Gasteiger partial charge >= 0.3 is 5.97 Å². The van der Waals surface area contributed by atoms with E-state index < -0.39 is 5.97 Å². The van der Waals surface area contributed by atoms with Gasteiger partial charge in [0.05, 0.1) is 13.1 Å². The third kappa shape index (κ3) is 3.72. The number of nitrogens with one attached hydrogen (secondary N) is 1. The molecule has 0 aliphatic heterocycles. The molecule has 2 rings (SSSR count). The molecule has 4 unspecified atom stereocenters. The van der Waals surface area contributed by atoms with Crippen LogP contribution in [0.3, 0.4) is 0 Å². The molecule has 0 spiro atoms. The standard InChI is InChI=1S/C15H26N2O3/c1-3-17(9-15(19)20)8-14(18)16-10(2)13-7-11-4-5-12(13)6-11/h10-13H,3-9H2,1-2H3,(H,16,18)(H,19,20). The van der Waals surface area contributed by atoms with Crippen LogP contribution in [-0.4, -0.2) is 47.6 Å². The number of rotatable bonds is 7. The fourth-order valence-corrected chi connectivity index (χ4v) is 3.99. The monoisotopic (exact) mass is 282 g/mol. The number of nitrogens with zero attached hydrogens (tertiary/aromatic N) is 1. The van der Waals surface area contributed by atoms with Crippen LogP contribution in [0, 0.1) is 17.8 Å². The number of carboxylic acids is 1. The van der Waals surface area contributed by atoms with Crippen LogP contribution in [0.1, 0.15) is 39.5 Å². The molecule has 114 valence electrons. The number of amides is 1. The van der Waals surface area contributed by atoms with E-state index in [9.17, 15) is 9.59 Å². The van der Waals surface area contributed by atoms with Gasteiger partial charge in [0, 0.05) is 6.04 Å². The first-order valence-electron chi connectivity index (χ1n) is 7.73. The SMILES string of the molecule is CCN(CC(=O)O)CC(=O)NC(C)C1CC2CCC1C2. The van der Waals surface area contributed by atoms with E-state index in [2.05, 4.69) is 12.2 Å². The normalized spacial score (nSPS) is 29.6. The number of likely N-dealkylation sites (N-methyl/N-ethyl adjacent to an activating group) is 1. The van der Waals surface area contributed by atoms with Crippen molar-refractivity contribution < 1.29 is 14.7 Å². The van der Waals surface area contributed by atoms with E-state index in [0.29, 0.717) is 12.5 Å². The summed E-state index contributed by atoms with van der Waals surface area (Å²) in [6.07, 6.45) is 5.27. The number of fused-ring (bicyclic) bond motifs is 2. The van der Waals surface area contributed by atoms with Gasteiger partial charge in [-0.15, -0.1) is 0 Å². The van der Waals surface area contributed by atoms with Gasteiger partial charge in [-0.05, 0) is 50.5 Å². The fourth-order valence-electron chi connectivity index (χ4n) is 3.99. The lowest BCUT2D eigenvalue weighted by Gasteiger charge is -2.29. The maximum Gasteiger partial charge on any atom is 0.317 e. The predicted molar refractivity (Wildman–Crippen MR) is 76.3 cm³/mol. The lowest BCUT2D eigenvalue weighted by atomic mass is 9.84. The third-order valence-corrected chi connectivity index (χ3v) is 5.00. The van der Waals surface area contributed by atoms with Gasteiger partial charge in [-0.1, -0.05) is 13.3 Å². The molecule has 20 heavy (non-hydrogen) atoms. The maximum absolute atomic E-state index is 12.0. The minimum atomic E-state index is -0.888. The molecular weight excluding hydrogens is 256 g/mol. The Hall–Kier alpha value is -1.10. The number of carbonyl (C=O) groups is 2. The van der Waals surface area contributed by atoms with E-state index in [1.54, 1.807) is 4.90 Å². The third-order valence-electron chi connectivity index (χ3n) is 5.00. The Labute approximate surface area is 120 Å². The van der Waals surface area contributed by atoms with Gasteiger partial charge in [0.25, 0.3) is 0 Å². The van der Waals surface area contributed by atoms with Crippen LogP contribution in [0.5, 0.6) is 0 Å². The van der Waals surface area contributed by atoms with E-state index in [-0.39, 0.29) is 25.0 Å². The van der Waals surface area contributed by atoms with Crippen LogP contribution < -0.4 is 5.32 Å². The fraction of sp³-hybridized carbons (Fsp3) is 0.867. The number of hydrogen-bond donors (Lipinski definition) is 2. The molecule has 2 aliphatic carbocycles. The Bertz CT molecular complexity index is 372. The molecule has 2 fully saturated rings. The van der Waals surface area contributed by atoms with Crippen molar-refractivity contribution in [2.45, 2.75) is 45.6 Å². The minimum Gasteiger partial charge on any atom is -0.480 e. The van der Waals surface area contributed by atoms with Gasteiger partial charge in [-0.2, -0.15) is 0 Å². The molecule has 0 saturated heterocycles. The van der Waals surface area contributed by atoms with Crippen molar-refractivity contribution >= 4 is 11.9 Å². The van der Waals surface area contributed by atoms with Crippen molar-refractivity contribution in [2.75, 3.05) is 19.6 Å². The Morgan fingerprint density at radius 1 is 1.30 bits per heavy atom. The van der Waals surface area contributed by atoms with Crippen molar-refractivity contribution in [3.8, 4) is 0 Å². The van der Waals surface area contributed by atoms with Crippen LogP contribution in [0.25, 0.3) is 0 Å². The molecule has 2 aliphatic rings. The van der Waals surface area contributed by atoms with Gasteiger partial charge < -0.3 is 10.4 Å². The summed E-state index contributed by atoms with van der Waals surface area (Å²) in [6, 6.07) is 0.210. The second-order valence-corrected chi connectivity index (χ2v) is 6.39. The molecule has 1 amide bonds. The summed E-state index contributed by atoms with van der Waals surface area (Å²) in [5, 5.41) is 11.9. The number of aliphatic carboxylic acids is 1. The lowest BCUT2D eigenvalue weighted by molar-refractivity contribution is -0.138. The highest BCUT2D eigenvalue weighted by atomic mass is 16.4. The molecule has 5 nitrogen and oxygen atoms in total. The quantitative estimate of drug-likeness (QED) is 0.739. The van der Waals surface area contributed by atoms with Gasteiger partial charge in [0.1, 0.15) is 0 Å². The molecule has 0 radical (unpaired) electrons. The molecule has 4 atom stereocenters. The largest absolute Gasteiger partial charge is 0.480 e. The molecule has 2 bridgehead atoms. The van der Waals surface area contributed by atoms with E-state index in [1.165, 1.54) is 25.7 Å². The average Bonchev–Trinajstić information content (AvgIpc) is 2.99. The molecule has 0 heterocycles. The first-order chi connectivity index (χ1) is 9.49. The smallest absolute Gasteiger partial charge is 0.317 e. The van der Waals surface area contributed by atoms with Crippen LogP contribution in [0.4, 0.5) is 0 Å². The van der Waals surface area contributed by atoms with Gasteiger partial charge in [0.2, 0.25) is 5.91 Å². The Kier molecular flexibility index (Phi) is 5.02. The Morgan fingerprint density at radius 3 is 2.55 bits per heavy atom. The van der Waals surface area contributed by atoms with Crippen molar-refractivity contribution in [3.63, 3.8) is 0 Å². The van der Waals surface area contributed by atoms with E-state index in [1.807, 2.05) is 6.92 Å². The highest BCUT2D eigenvalue weighted by molar-refractivity contribution is 5.79. The van der Waals surface area contributed by atoms with Crippen molar-refractivity contribution in [1.29, 1.82) is 0 Å². The van der Waals surface area contributed by atoms with E-state index >= 15 is 0 Å². The zero-order chi connectivity index (χ0) is 14.7. The lowest BCUT2D eigenvalue weighted by Crippen LogP contribution is -2.45. The molecule has 2 N–H and O–H groups in total. The van der Waals surface area contributed by atoms with Gasteiger partial charge in [0.15, 0.2) is 0 Å². The molecule has 0 aromatic carbocycles. The average molecular weight is 282 g/mol. The van der Waals surface area contributed by atoms with Crippen molar-refractivity contribution in [1.82, 2.24) is 10.2 Å². The summed E-state index contributed by atoms with van der Waals surface area (Å²) in [4.78, 5) is 24.4. The Morgan fingerprint density at radius 2 is 2.05 bits per heavy atom. The van der Waals surface area contributed by atoms with Crippen LogP contribution in [0.15, 0.2) is 0 Å². The van der Waals surface area contributed by atoms with Crippen molar-refractivity contribution in [3.05, 3.63) is 0 Å². The molecule has 0 aromatic heterocycles. The van der Waals surface area contributed by atoms with E-state index in [0.717, 1.165) is 11.8 Å². The summed E-state index contributed by atoms with van der Waals surface area (Å²) in [6.45, 7) is 4.63. The second kappa shape index (κ2) is 6.57. The number of carbonyl (C=O) groups excluding carboxylic acids is 1. The Balaban J connectivity index is 1.77. The summed E-state index contributed by atoms with van der Waals surface area (Å²) < 4.78 is 0. The number of hydrogen-bond acceptors (Lipinski definition) is 3. The van der Waals surface area contributed by atoms with Gasteiger partial charge in [-0.3, -0.25) is 14.5 Å². The molecule has 0 aromatic rings.